The summed E-state index contributed by atoms with van der Waals surface area (Å²) in [6, 6.07) is 0. The largest absolute Gasteiger partial charge is 0.469 e. The van der Waals surface area contributed by atoms with Gasteiger partial charge in [-0.1, -0.05) is 20.3 Å². The number of guanidine groups is 1. The number of unbranched alkanes of at least 4 members (excludes halogenated alkanes) is 1. The molecule has 0 bridgehead atoms. The Hall–Kier alpha value is -1.30. The van der Waals surface area contributed by atoms with Crippen molar-refractivity contribution in [3.63, 3.8) is 0 Å². The molecule has 0 aromatic carbocycles. The van der Waals surface area contributed by atoms with Crippen molar-refractivity contribution in [1.29, 1.82) is 0 Å². The van der Waals surface area contributed by atoms with Gasteiger partial charge < -0.3 is 20.1 Å². The van der Waals surface area contributed by atoms with Crippen LogP contribution in [0.2, 0.25) is 0 Å². The minimum atomic E-state index is -0.237. The molecule has 6 heteroatoms. The van der Waals surface area contributed by atoms with Crippen molar-refractivity contribution in [2.75, 3.05) is 40.0 Å². The Labute approximate surface area is 128 Å². The van der Waals surface area contributed by atoms with Crippen LogP contribution in [0, 0.1) is 5.92 Å². The number of hydrogen-bond donors (Lipinski definition) is 2. The summed E-state index contributed by atoms with van der Waals surface area (Å²) in [7, 11) is 1.39. The van der Waals surface area contributed by atoms with Crippen LogP contribution in [0.5, 0.6) is 0 Å². The van der Waals surface area contributed by atoms with Gasteiger partial charge in [0.25, 0.3) is 0 Å². The molecule has 0 rings (SSSR count). The van der Waals surface area contributed by atoms with E-state index in [1.807, 2.05) is 6.92 Å². The number of aliphatic imine (C=N–C) groups is 1. The van der Waals surface area contributed by atoms with Crippen molar-refractivity contribution in [3.8, 4) is 0 Å². The number of carbonyl (C=O) groups is 1. The highest BCUT2D eigenvalue weighted by Crippen LogP contribution is 1.98. The molecule has 0 aromatic rings. The van der Waals surface area contributed by atoms with E-state index in [-0.39, 0.29) is 11.9 Å². The molecule has 21 heavy (non-hydrogen) atoms. The standard InChI is InChI=1S/C15H31N3O3/c1-5-7-10-21-11-8-9-17-15(16-6-2)18-12-13(3)14(19)20-4/h13H,5-12H2,1-4H3,(H2,16,17,18). The van der Waals surface area contributed by atoms with E-state index in [9.17, 15) is 4.79 Å². The van der Waals surface area contributed by atoms with Gasteiger partial charge in [-0.2, -0.15) is 0 Å². The monoisotopic (exact) mass is 301 g/mol. The number of carbonyl (C=O) groups excluding carboxylic acids is 1. The van der Waals surface area contributed by atoms with Crippen LogP contribution in [0.15, 0.2) is 4.99 Å². The van der Waals surface area contributed by atoms with E-state index in [4.69, 9.17) is 4.74 Å². The molecule has 0 fully saturated rings. The van der Waals surface area contributed by atoms with E-state index < -0.39 is 0 Å². The second-order valence-corrected chi connectivity index (χ2v) is 4.89. The summed E-state index contributed by atoms with van der Waals surface area (Å²) in [5.74, 6) is 0.253. The predicted molar refractivity (Wildman–Crippen MR) is 85.5 cm³/mol. The first-order chi connectivity index (χ1) is 10.2. The van der Waals surface area contributed by atoms with E-state index in [2.05, 4.69) is 27.3 Å². The molecule has 0 spiro atoms. The second kappa shape index (κ2) is 13.7. The highest BCUT2D eigenvalue weighted by molar-refractivity contribution is 5.80. The molecule has 1 atom stereocenters. The van der Waals surface area contributed by atoms with Gasteiger partial charge in [-0.05, 0) is 19.8 Å². The third-order valence-corrected chi connectivity index (χ3v) is 2.87. The second-order valence-electron chi connectivity index (χ2n) is 4.89. The van der Waals surface area contributed by atoms with Gasteiger partial charge in [-0.3, -0.25) is 9.79 Å². The maximum atomic E-state index is 11.3. The smallest absolute Gasteiger partial charge is 0.310 e. The molecule has 6 nitrogen and oxygen atoms in total. The quantitative estimate of drug-likeness (QED) is 0.262. The van der Waals surface area contributed by atoms with Gasteiger partial charge >= 0.3 is 5.97 Å². The molecule has 0 saturated heterocycles. The van der Waals surface area contributed by atoms with Crippen LogP contribution in [-0.4, -0.2) is 51.9 Å². The number of ether oxygens (including phenoxy) is 2. The molecule has 0 aliphatic carbocycles. The van der Waals surface area contributed by atoms with Crippen LogP contribution in [-0.2, 0) is 14.3 Å². The van der Waals surface area contributed by atoms with Gasteiger partial charge in [0.05, 0.1) is 19.6 Å². The predicted octanol–water partition coefficient (Wildman–Crippen LogP) is 1.56. The Balaban J connectivity index is 3.92. The number of hydrogen-bond acceptors (Lipinski definition) is 4. The van der Waals surface area contributed by atoms with E-state index in [1.165, 1.54) is 7.11 Å². The Kier molecular flexibility index (Phi) is 12.8. The molecule has 2 N–H and O–H groups in total. The van der Waals surface area contributed by atoms with Crippen LogP contribution in [0.4, 0.5) is 0 Å². The van der Waals surface area contributed by atoms with Crippen molar-refractivity contribution in [2.45, 2.75) is 40.0 Å². The SMILES string of the molecule is CCCCOCCCNC(=NCC(C)C(=O)OC)NCC. The minimum absolute atomic E-state index is 0.233. The van der Waals surface area contributed by atoms with Gasteiger partial charge in [0, 0.05) is 26.3 Å². The maximum Gasteiger partial charge on any atom is 0.310 e. The fourth-order valence-electron chi connectivity index (χ4n) is 1.58. The fraction of sp³-hybridized carbons (Fsp3) is 0.867. The number of nitrogens with one attached hydrogen (secondary N) is 2. The molecule has 0 aromatic heterocycles. The van der Waals surface area contributed by atoms with Gasteiger partial charge in [-0.25, -0.2) is 0 Å². The summed E-state index contributed by atoms with van der Waals surface area (Å²) < 4.78 is 10.2. The highest BCUT2D eigenvalue weighted by Gasteiger charge is 2.12. The third-order valence-electron chi connectivity index (χ3n) is 2.87. The summed E-state index contributed by atoms with van der Waals surface area (Å²) in [5.41, 5.74) is 0. The first-order valence-electron chi connectivity index (χ1n) is 7.83. The zero-order valence-electron chi connectivity index (χ0n) is 13.9. The fourth-order valence-corrected chi connectivity index (χ4v) is 1.58. The lowest BCUT2D eigenvalue weighted by atomic mass is 10.2. The topological polar surface area (TPSA) is 72.0 Å². The van der Waals surface area contributed by atoms with Crippen molar-refractivity contribution in [3.05, 3.63) is 0 Å². The van der Waals surface area contributed by atoms with E-state index in [1.54, 1.807) is 6.92 Å². The Morgan fingerprint density at radius 3 is 2.52 bits per heavy atom. The lowest BCUT2D eigenvalue weighted by Crippen LogP contribution is -2.38. The number of esters is 1. The van der Waals surface area contributed by atoms with Crippen LogP contribution in [0.25, 0.3) is 0 Å². The molecule has 1 unspecified atom stereocenters. The summed E-state index contributed by atoms with van der Waals surface area (Å²) in [6.07, 6.45) is 3.21. The molecular weight excluding hydrogens is 270 g/mol. The van der Waals surface area contributed by atoms with Gasteiger partial charge in [0.15, 0.2) is 5.96 Å². The summed E-state index contributed by atoms with van der Waals surface area (Å²) in [5, 5.41) is 6.38. The van der Waals surface area contributed by atoms with Crippen molar-refractivity contribution in [1.82, 2.24) is 10.6 Å². The number of rotatable bonds is 11. The zero-order valence-corrected chi connectivity index (χ0v) is 13.9. The summed E-state index contributed by atoms with van der Waals surface area (Å²) in [4.78, 5) is 15.7. The van der Waals surface area contributed by atoms with Crippen LogP contribution in [0.3, 0.4) is 0 Å². The zero-order chi connectivity index (χ0) is 15.9. The molecular formula is C15H31N3O3. The molecule has 0 saturated carbocycles. The molecule has 124 valence electrons. The average Bonchev–Trinajstić information content (AvgIpc) is 2.50. The van der Waals surface area contributed by atoms with Crippen molar-refractivity contribution in [2.24, 2.45) is 10.9 Å². The molecule has 0 radical (unpaired) electrons. The number of methoxy groups -OCH3 is 1. The van der Waals surface area contributed by atoms with Crippen LogP contribution in [0.1, 0.15) is 40.0 Å². The van der Waals surface area contributed by atoms with Crippen LogP contribution < -0.4 is 10.6 Å². The van der Waals surface area contributed by atoms with E-state index >= 15 is 0 Å². The summed E-state index contributed by atoms with van der Waals surface area (Å²) in [6.45, 7) is 9.55. The normalized spacial score (nSPS) is 12.9. The third kappa shape index (κ3) is 11.1. The lowest BCUT2D eigenvalue weighted by molar-refractivity contribution is -0.144. The summed E-state index contributed by atoms with van der Waals surface area (Å²) >= 11 is 0. The van der Waals surface area contributed by atoms with Crippen molar-refractivity contribution < 1.29 is 14.3 Å². The van der Waals surface area contributed by atoms with E-state index in [0.717, 1.165) is 51.5 Å². The van der Waals surface area contributed by atoms with Crippen molar-refractivity contribution >= 4 is 11.9 Å². The molecule has 0 heterocycles. The first-order valence-corrected chi connectivity index (χ1v) is 7.83. The lowest BCUT2D eigenvalue weighted by Gasteiger charge is -2.12. The molecule has 0 aliphatic rings. The van der Waals surface area contributed by atoms with Gasteiger partial charge in [0.2, 0.25) is 0 Å². The molecule has 0 amide bonds. The average molecular weight is 301 g/mol. The molecule has 0 aliphatic heterocycles. The van der Waals surface area contributed by atoms with Gasteiger partial charge in [0.1, 0.15) is 0 Å². The number of nitrogens with zero attached hydrogens (tertiary/aromatic N) is 1. The highest BCUT2D eigenvalue weighted by atomic mass is 16.5. The van der Waals surface area contributed by atoms with Crippen LogP contribution >= 0.6 is 0 Å². The maximum absolute atomic E-state index is 11.3. The Bertz CT molecular complexity index is 296. The first kappa shape index (κ1) is 19.7. The Morgan fingerprint density at radius 1 is 1.19 bits per heavy atom. The van der Waals surface area contributed by atoms with E-state index in [0.29, 0.717) is 6.54 Å². The van der Waals surface area contributed by atoms with Gasteiger partial charge in [-0.15, -0.1) is 0 Å². The minimum Gasteiger partial charge on any atom is -0.469 e. The Morgan fingerprint density at radius 2 is 1.90 bits per heavy atom.